The number of primary amides is 1. The van der Waals surface area contributed by atoms with E-state index in [-0.39, 0.29) is 11.8 Å². The SMILES string of the molecule is CCC1C(C(=O)C(N)=O)c2c(OCC(=O)O)cccc2N1Cc1cccc(Cl)c1. The Kier molecular flexibility index (Phi) is 6.08. The summed E-state index contributed by atoms with van der Waals surface area (Å²) in [5, 5.41) is 9.56. The number of carboxylic acids is 1. The number of rotatable bonds is 8. The van der Waals surface area contributed by atoms with Crippen molar-refractivity contribution in [1.29, 1.82) is 0 Å². The first-order chi connectivity index (χ1) is 13.8. The van der Waals surface area contributed by atoms with Crippen molar-refractivity contribution in [3.05, 3.63) is 58.6 Å². The first-order valence-corrected chi connectivity index (χ1v) is 9.53. The summed E-state index contributed by atoms with van der Waals surface area (Å²) in [5.74, 6) is -3.47. The summed E-state index contributed by atoms with van der Waals surface area (Å²) in [6.45, 7) is 1.82. The molecule has 2 atom stereocenters. The molecule has 2 aromatic rings. The van der Waals surface area contributed by atoms with E-state index in [1.165, 1.54) is 0 Å². The highest BCUT2D eigenvalue weighted by Gasteiger charge is 2.45. The van der Waals surface area contributed by atoms with Crippen LogP contribution in [0.2, 0.25) is 5.02 Å². The Morgan fingerprint density at radius 2 is 1.93 bits per heavy atom. The van der Waals surface area contributed by atoms with Crippen LogP contribution in [-0.2, 0) is 20.9 Å². The highest BCUT2D eigenvalue weighted by Crippen LogP contribution is 2.48. The summed E-state index contributed by atoms with van der Waals surface area (Å²) in [4.78, 5) is 37.5. The summed E-state index contributed by atoms with van der Waals surface area (Å²) in [5.41, 5.74) is 7.46. The average molecular weight is 417 g/mol. The van der Waals surface area contributed by atoms with Gasteiger partial charge in [0.05, 0.1) is 5.92 Å². The molecule has 2 aromatic carbocycles. The Hall–Kier alpha value is -3.06. The molecule has 0 spiro atoms. The fraction of sp³-hybridized carbons (Fsp3) is 0.286. The molecule has 3 rings (SSSR count). The lowest BCUT2D eigenvalue weighted by molar-refractivity contribution is -0.139. The van der Waals surface area contributed by atoms with E-state index in [2.05, 4.69) is 0 Å². The molecule has 0 saturated heterocycles. The zero-order valence-corrected chi connectivity index (χ0v) is 16.6. The number of ether oxygens (including phenoxy) is 1. The smallest absolute Gasteiger partial charge is 0.341 e. The lowest BCUT2D eigenvalue weighted by atomic mass is 9.88. The zero-order valence-electron chi connectivity index (χ0n) is 15.8. The summed E-state index contributed by atoms with van der Waals surface area (Å²) in [6, 6.07) is 12.2. The largest absolute Gasteiger partial charge is 0.482 e. The number of carbonyl (C=O) groups is 3. The summed E-state index contributed by atoms with van der Waals surface area (Å²) >= 11 is 6.11. The van der Waals surface area contributed by atoms with Gasteiger partial charge in [0.1, 0.15) is 5.75 Å². The molecule has 7 nitrogen and oxygen atoms in total. The van der Waals surface area contributed by atoms with Crippen LogP contribution in [0.3, 0.4) is 0 Å². The van der Waals surface area contributed by atoms with Crippen LogP contribution in [0.25, 0.3) is 0 Å². The molecule has 0 aliphatic carbocycles. The number of hydrogen-bond donors (Lipinski definition) is 2. The minimum Gasteiger partial charge on any atom is -0.482 e. The normalized spacial score (nSPS) is 17.7. The molecule has 8 heteroatoms. The van der Waals surface area contributed by atoms with Crippen LogP contribution in [-0.4, -0.2) is 35.4 Å². The van der Waals surface area contributed by atoms with Crippen LogP contribution >= 0.6 is 11.6 Å². The van der Waals surface area contributed by atoms with E-state index in [9.17, 15) is 14.4 Å². The second kappa shape index (κ2) is 8.53. The van der Waals surface area contributed by atoms with Crippen molar-refractivity contribution in [1.82, 2.24) is 0 Å². The summed E-state index contributed by atoms with van der Waals surface area (Å²) in [6.07, 6.45) is 0.567. The maximum absolute atomic E-state index is 12.7. The molecule has 1 amide bonds. The quantitative estimate of drug-likeness (QED) is 0.640. The van der Waals surface area contributed by atoms with E-state index in [1.807, 2.05) is 36.1 Å². The number of fused-ring (bicyclic) bond motifs is 1. The Morgan fingerprint density at radius 3 is 2.55 bits per heavy atom. The maximum Gasteiger partial charge on any atom is 0.341 e. The van der Waals surface area contributed by atoms with Crippen molar-refractivity contribution in [3.8, 4) is 5.75 Å². The number of ketones is 1. The maximum atomic E-state index is 12.7. The topological polar surface area (TPSA) is 110 Å². The predicted molar refractivity (Wildman–Crippen MR) is 108 cm³/mol. The number of halogens is 1. The number of Topliss-reactive ketones (excluding diaryl/α,β-unsaturated/α-hetero) is 1. The number of benzene rings is 2. The van der Waals surface area contributed by atoms with Crippen LogP contribution in [0.15, 0.2) is 42.5 Å². The first-order valence-electron chi connectivity index (χ1n) is 9.15. The van der Waals surface area contributed by atoms with Gasteiger partial charge in [0.2, 0.25) is 5.78 Å². The second-order valence-electron chi connectivity index (χ2n) is 6.81. The molecule has 0 bridgehead atoms. The zero-order chi connectivity index (χ0) is 21.1. The van der Waals surface area contributed by atoms with Crippen LogP contribution < -0.4 is 15.4 Å². The van der Waals surface area contributed by atoms with Gasteiger partial charge in [0.25, 0.3) is 5.91 Å². The van der Waals surface area contributed by atoms with Gasteiger partial charge in [-0.15, -0.1) is 0 Å². The van der Waals surface area contributed by atoms with Crippen LogP contribution in [0, 0.1) is 0 Å². The Morgan fingerprint density at radius 1 is 1.21 bits per heavy atom. The van der Waals surface area contributed by atoms with Crippen LogP contribution in [0.5, 0.6) is 5.75 Å². The first kappa shape index (κ1) is 20.7. The molecule has 1 heterocycles. The number of aliphatic carboxylic acids is 1. The molecule has 29 heavy (non-hydrogen) atoms. The highest BCUT2D eigenvalue weighted by molar-refractivity contribution is 6.38. The Bertz CT molecular complexity index is 962. The number of anilines is 1. The lowest BCUT2D eigenvalue weighted by Crippen LogP contribution is -2.39. The molecule has 0 fully saturated rings. The third kappa shape index (κ3) is 4.19. The molecule has 0 radical (unpaired) electrons. The Labute approximate surface area is 173 Å². The van der Waals surface area contributed by atoms with E-state index in [0.29, 0.717) is 29.2 Å². The van der Waals surface area contributed by atoms with Crippen molar-refractivity contribution in [2.24, 2.45) is 5.73 Å². The fourth-order valence-corrected chi connectivity index (χ4v) is 4.07. The lowest BCUT2D eigenvalue weighted by Gasteiger charge is -2.29. The standard InChI is InChI=1S/C21H21ClN2O5/c1-2-14-19(20(27)21(23)28)18-15(7-4-8-16(18)29-11-17(25)26)24(14)10-12-5-3-6-13(22)9-12/h3-9,14,19H,2,10-11H2,1H3,(H2,23,28)(H,25,26). The number of nitrogens with two attached hydrogens (primary N) is 1. The van der Waals surface area contributed by atoms with Gasteiger partial charge in [-0.05, 0) is 36.2 Å². The molecule has 1 aliphatic rings. The molecule has 0 saturated carbocycles. The summed E-state index contributed by atoms with van der Waals surface area (Å²) < 4.78 is 5.43. The van der Waals surface area contributed by atoms with Gasteiger partial charge in [0, 0.05) is 28.9 Å². The molecule has 2 unspecified atom stereocenters. The number of carbonyl (C=O) groups excluding carboxylic acids is 2. The van der Waals surface area contributed by atoms with Gasteiger partial charge >= 0.3 is 5.97 Å². The second-order valence-corrected chi connectivity index (χ2v) is 7.25. The molecule has 152 valence electrons. The number of hydrogen-bond acceptors (Lipinski definition) is 5. The minimum absolute atomic E-state index is 0.261. The van der Waals surface area contributed by atoms with Gasteiger partial charge in [-0.2, -0.15) is 0 Å². The van der Waals surface area contributed by atoms with Crippen molar-refractivity contribution in [2.75, 3.05) is 11.5 Å². The highest BCUT2D eigenvalue weighted by atomic mass is 35.5. The van der Waals surface area contributed by atoms with E-state index in [4.69, 9.17) is 27.2 Å². The van der Waals surface area contributed by atoms with E-state index < -0.39 is 30.2 Å². The van der Waals surface area contributed by atoms with Crippen molar-refractivity contribution in [2.45, 2.75) is 31.8 Å². The van der Waals surface area contributed by atoms with E-state index >= 15 is 0 Å². The number of carboxylic acid groups (broad SMARTS) is 1. The van der Waals surface area contributed by atoms with E-state index in [0.717, 1.165) is 5.56 Å². The van der Waals surface area contributed by atoms with Crippen molar-refractivity contribution >= 4 is 34.9 Å². The molecular formula is C21H21ClN2O5. The molecule has 1 aliphatic heterocycles. The monoisotopic (exact) mass is 416 g/mol. The van der Waals surface area contributed by atoms with Crippen molar-refractivity contribution < 1.29 is 24.2 Å². The van der Waals surface area contributed by atoms with Crippen LogP contribution in [0.1, 0.15) is 30.4 Å². The van der Waals surface area contributed by atoms with Crippen molar-refractivity contribution in [3.63, 3.8) is 0 Å². The van der Waals surface area contributed by atoms with Gasteiger partial charge in [-0.3, -0.25) is 9.59 Å². The van der Waals surface area contributed by atoms with Gasteiger partial charge in [-0.25, -0.2) is 4.79 Å². The summed E-state index contributed by atoms with van der Waals surface area (Å²) in [7, 11) is 0. The molecular weight excluding hydrogens is 396 g/mol. The van der Waals surface area contributed by atoms with E-state index in [1.54, 1.807) is 18.2 Å². The van der Waals surface area contributed by atoms with Gasteiger partial charge < -0.3 is 20.5 Å². The Balaban J connectivity index is 2.09. The van der Waals surface area contributed by atoms with Crippen LogP contribution in [0.4, 0.5) is 5.69 Å². The fourth-order valence-electron chi connectivity index (χ4n) is 3.86. The minimum atomic E-state index is -1.14. The predicted octanol–water partition coefficient (Wildman–Crippen LogP) is 2.74. The number of nitrogens with zero attached hydrogens (tertiary/aromatic N) is 1. The number of amides is 1. The van der Waals surface area contributed by atoms with Gasteiger partial charge in [0.15, 0.2) is 6.61 Å². The average Bonchev–Trinajstić information content (AvgIpc) is 2.99. The third-order valence-corrected chi connectivity index (χ3v) is 5.22. The molecule has 3 N–H and O–H groups in total. The van der Waals surface area contributed by atoms with Gasteiger partial charge in [-0.1, -0.05) is 36.7 Å². The molecule has 0 aromatic heterocycles. The third-order valence-electron chi connectivity index (χ3n) is 4.99.